The highest BCUT2D eigenvalue weighted by Crippen LogP contribution is 2.36. The minimum atomic E-state index is -3.97. The Bertz CT molecular complexity index is 648. The molecule has 0 radical (unpaired) electrons. The van der Waals surface area contributed by atoms with Crippen LogP contribution in [0, 0.1) is 12.3 Å². The van der Waals surface area contributed by atoms with Crippen molar-refractivity contribution >= 4 is 31.3 Å². The molecule has 1 rings (SSSR count). The number of halogens is 1. The number of anilines is 1. The Kier molecular flexibility index (Phi) is 5.28. The zero-order valence-corrected chi connectivity index (χ0v) is 14.4. The van der Waals surface area contributed by atoms with Gasteiger partial charge in [0.05, 0.1) is 12.8 Å². The van der Waals surface area contributed by atoms with Crippen molar-refractivity contribution in [1.29, 1.82) is 0 Å². The van der Waals surface area contributed by atoms with Gasteiger partial charge in [-0.2, -0.15) is 0 Å². The van der Waals surface area contributed by atoms with E-state index in [-0.39, 0.29) is 22.0 Å². The Morgan fingerprint density at radius 2 is 1.90 bits per heavy atom. The highest BCUT2D eigenvalue weighted by atomic mass is 35.7. The number of amides is 1. The van der Waals surface area contributed by atoms with E-state index in [1.807, 2.05) is 20.8 Å². The van der Waals surface area contributed by atoms with Gasteiger partial charge in [-0.3, -0.25) is 4.79 Å². The first kappa shape index (κ1) is 17.8. The molecule has 0 saturated carbocycles. The fourth-order valence-corrected chi connectivity index (χ4v) is 2.99. The molecule has 0 spiro atoms. The second kappa shape index (κ2) is 6.23. The van der Waals surface area contributed by atoms with Crippen LogP contribution in [0.3, 0.4) is 0 Å². The van der Waals surface area contributed by atoms with E-state index in [2.05, 4.69) is 5.32 Å². The number of nitrogens with one attached hydrogen (secondary N) is 1. The molecule has 1 aromatic rings. The van der Waals surface area contributed by atoms with E-state index in [0.29, 0.717) is 17.7 Å². The molecule has 0 unspecified atom stereocenters. The molecule has 1 aromatic carbocycles. The predicted molar refractivity (Wildman–Crippen MR) is 83.5 cm³/mol. The summed E-state index contributed by atoms with van der Waals surface area (Å²) < 4.78 is 28.3. The highest BCUT2D eigenvalue weighted by molar-refractivity contribution is 8.13. The Morgan fingerprint density at radius 1 is 1.33 bits per heavy atom. The molecule has 0 aliphatic rings. The summed E-state index contributed by atoms with van der Waals surface area (Å²) in [6.45, 7) is 7.53. The Balaban J connectivity index is 3.25. The van der Waals surface area contributed by atoms with E-state index >= 15 is 0 Å². The van der Waals surface area contributed by atoms with Crippen LogP contribution in [-0.2, 0) is 13.8 Å². The average Bonchev–Trinajstić information content (AvgIpc) is 2.24. The van der Waals surface area contributed by atoms with E-state index < -0.39 is 9.05 Å². The molecule has 0 saturated heterocycles. The van der Waals surface area contributed by atoms with Gasteiger partial charge < -0.3 is 10.1 Å². The second-order valence-corrected chi connectivity index (χ2v) is 8.60. The lowest BCUT2D eigenvalue weighted by Crippen LogP contribution is -2.20. The molecule has 118 valence electrons. The van der Waals surface area contributed by atoms with Crippen molar-refractivity contribution in [2.75, 3.05) is 12.4 Å². The number of carbonyl (C=O) groups excluding carboxylic acids is 1. The minimum Gasteiger partial charge on any atom is -0.493 e. The molecule has 1 amide bonds. The van der Waals surface area contributed by atoms with Gasteiger partial charge in [0.2, 0.25) is 5.91 Å². The molecule has 0 aromatic heterocycles. The lowest BCUT2D eigenvalue weighted by molar-refractivity contribution is -0.117. The molecule has 0 heterocycles. The number of carbonyl (C=O) groups is 1. The number of rotatable bonds is 4. The maximum absolute atomic E-state index is 12.0. The molecule has 7 heteroatoms. The summed E-state index contributed by atoms with van der Waals surface area (Å²) in [6, 6.07) is 3.05. The van der Waals surface area contributed by atoms with Crippen LogP contribution in [0.15, 0.2) is 17.0 Å². The molecule has 0 bridgehead atoms. The van der Waals surface area contributed by atoms with E-state index in [9.17, 15) is 13.2 Å². The van der Waals surface area contributed by atoms with Crippen LogP contribution in [0.25, 0.3) is 0 Å². The molecule has 0 aliphatic carbocycles. The van der Waals surface area contributed by atoms with Crippen LogP contribution >= 0.6 is 10.7 Å². The number of ether oxygens (including phenoxy) is 1. The summed E-state index contributed by atoms with van der Waals surface area (Å²) in [4.78, 5) is 11.9. The van der Waals surface area contributed by atoms with Gasteiger partial charge in [0.1, 0.15) is 4.90 Å². The zero-order chi connectivity index (χ0) is 16.4. The predicted octanol–water partition coefficient (Wildman–Crippen LogP) is 3.31. The minimum absolute atomic E-state index is 0.0397. The molecule has 21 heavy (non-hydrogen) atoms. The van der Waals surface area contributed by atoms with Crippen molar-refractivity contribution in [1.82, 2.24) is 0 Å². The Hall–Kier alpha value is -1.27. The van der Waals surface area contributed by atoms with Crippen molar-refractivity contribution < 1.29 is 17.9 Å². The maximum Gasteiger partial charge on any atom is 0.265 e. The molecule has 0 atom stereocenters. The normalized spacial score (nSPS) is 12.1. The van der Waals surface area contributed by atoms with Gasteiger partial charge in [0.25, 0.3) is 9.05 Å². The lowest BCUT2D eigenvalue weighted by atomic mass is 9.92. The van der Waals surface area contributed by atoms with Crippen molar-refractivity contribution in [3.63, 3.8) is 0 Å². The number of hydrogen-bond donors (Lipinski definition) is 1. The molecular weight excluding hydrogens is 314 g/mol. The average molecular weight is 334 g/mol. The third kappa shape index (κ3) is 5.21. The smallest absolute Gasteiger partial charge is 0.265 e. The van der Waals surface area contributed by atoms with E-state index in [1.165, 1.54) is 13.2 Å². The summed E-state index contributed by atoms with van der Waals surface area (Å²) >= 11 is 0. The van der Waals surface area contributed by atoms with Gasteiger partial charge in [-0.25, -0.2) is 8.42 Å². The van der Waals surface area contributed by atoms with E-state index in [4.69, 9.17) is 15.4 Å². The standard InChI is InChI=1S/C14H20ClNO4S/c1-9-6-10(16-12(17)8-14(2,3)4)13(20-5)11(7-9)21(15,18)19/h6-7H,8H2,1-5H3,(H,16,17). The maximum atomic E-state index is 12.0. The van der Waals surface area contributed by atoms with Crippen molar-refractivity contribution in [2.45, 2.75) is 39.0 Å². The van der Waals surface area contributed by atoms with Gasteiger partial charge in [-0.1, -0.05) is 20.8 Å². The van der Waals surface area contributed by atoms with Crippen LogP contribution in [-0.4, -0.2) is 21.4 Å². The summed E-state index contributed by atoms with van der Waals surface area (Å²) in [5, 5.41) is 2.68. The van der Waals surface area contributed by atoms with Gasteiger partial charge in [0.15, 0.2) is 5.75 Å². The fourth-order valence-electron chi connectivity index (χ4n) is 1.90. The molecule has 0 fully saturated rings. The Morgan fingerprint density at radius 3 is 2.33 bits per heavy atom. The first-order chi connectivity index (χ1) is 9.44. The molecular formula is C14H20ClNO4S. The van der Waals surface area contributed by atoms with Gasteiger partial charge in [0, 0.05) is 17.1 Å². The van der Waals surface area contributed by atoms with Crippen molar-refractivity contribution in [3.05, 3.63) is 17.7 Å². The summed E-state index contributed by atoms with van der Waals surface area (Å²) in [7, 11) is 2.77. The Labute approximate surface area is 130 Å². The van der Waals surface area contributed by atoms with Crippen LogP contribution in [0.2, 0.25) is 0 Å². The van der Waals surface area contributed by atoms with Crippen LogP contribution in [0.1, 0.15) is 32.8 Å². The molecule has 0 aliphatic heterocycles. The fraction of sp³-hybridized carbons (Fsp3) is 0.500. The quantitative estimate of drug-likeness (QED) is 0.858. The van der Waals surface area contributed by atoms with E-state index in [1.54, 1.807) is 13.0 Å². The monoisotopic (exact) mass is 333 g/mol. The summed E-state index contributed by atoms with van der Waals surface area (Å²) in [5.74, 6) is -0.179. The van der Waals surface area contributed by atoms with Crippen LogP contribution in [0.4, 0.5) is 5.69 Å². The number of hydrogen-bond acceptors (Lipinski definition) is 4. The molecule has 1 N–H and O–H groups in total. The van der Waals surface area contributed by atoms with E-state index in [0.717, 1.165) is 0 Å². The number of methoxy groups -OCH3 is 1. The summed E-state index contributed by atoms with van der Waals surface area (Å²) in [5.41, 5.74) is 0.773. The van der Waals surface area contributed by atoms with Gasteiger partial charge >= 0.3 is 0 Å². The first-order valence-electron chi connectivity index (χ1n) is 6.37. The second-order valence-electron chi connectivity index (χ2n) is 6.07. The van der Waals surface area contributed by atoms with Gasteiger partial charge in [-0.05, 0) is 30.0 Å². The van der Waals surface area contributed by atoms with Crippen molar-refractivity contribution in [2.24, 2.45) is 5.41 Å². The highest BCUT2D eigenvalue weighted by Gasteiger charge is 2.23. The largest absolute Gasteiger partial charge is 0.493 e. The lowest BCUT2D eigenvalue weighted by Gasteiger charge is -2.19. The summed E-state index contributed by atoms with van der Waals surface area (Å²) in [6.07, 6.45) is 0.299. The SMILES string of the molecule is COc1c(NC(=O)CC(C)(C)C)cc(C)cc1S(=O)(=O)Cl. The topological polar surface area (TPSA) is 72.5 Å². The molecule has 5 nitrogen and oxygen atoms in total. The van der Waals surface area contributed by atoms with Crippen LogP contribution in [0.5, 0.6) is 5.75 Å². The zero-order valence-electron chi connectivity index (χ0n) is 12.8. The third-order valence-electron chi connectivity index (χ3n) is 2.63. The number of aryl methyl sites for hydroxylation is 1. The number of benzene rings is 1. The third-order valence-corrected chi connectivity index (χ3v) is 3.96. The van der Waals surface area contributed by atoms with Gasteiger partial charge in [-0.15, -0.1) is 0 Å². The van der Waals surface area contributed by atoms with Crippen LogP contribution < -0.4 is 10.1 Å². The van der Waals surface area contributed by atoms with Crippen molar-refractivity contribution in [3.8, 4) is 5.75 Å². The first-order valence-corrected chi connectivity index (χ1v) is 8.68.